The Hall–Kier alpha value is -1.65. The molecule has 0 spiro atoms. The van der Waals surface area contributed by atoms with E-state index < -0.39 is 9.84 Å². The van der Waals surface area contributed by atoms with E-state index in [4.69, 9.17) is 5.73 Å². The van der Waals surface area contributed by atoms with Gasteiger partial charge in [0.1, 0.15) is 0 Å². The van der Waals surface area contributed by atoms with Crippen LogP contribution < -0.4 is 5.73 Å². The minimum Gasteiger partial charge on any atom is -0.330 e. The smallest absolute Gasteiger partial charge is 0.179 e. The van der Waals surface area contributed by atoms with Crippen LogP contribution in [0.4, 0.5) is 0 Å². The third-order valence-corrected chi connectivity index (χ3v) is 6.10. The van der Waals surface area contributed by atoms with Crippen LogP contribution in [0.2, 0.25) is 0 Å². The second-order valence-electron chi connectivity index (χ2n) is 5.68. The molecule has 0 saturated heterocycles. The topological polar surface area (TPSA) is 60.2 Å². The summed E-state index contributed by atoms with van der Waals surface area (Å²) < 4.78 is 24.7. The number of rotatable bonds is 3. The molecule has 0 bridgehead atoms. The Bertz CT molecular complexity index is 768. The first-order chi connectivity index (χ1) is 10.0. The first-order valence-corrected chi connectivity index (χ1v) is 8.76. The molecule has 110 valence electrons. The highest BCUT2D eigenvalue weighted by Gasteiger charge is 2.38. The summed E-state index contributed by atoms with van der Waals surface area (Å²) in [7, 11) is -3.18. The lowest BCUT2D eigenvalue weighted by molar-refractivity contribution is 0.573. The monoisotopic (exact) mass is 301 g/mol. The number of sulfone groups is 1. The van der Waals surface area contributed by atoms with Crippen LogP contribution in [0, 0.1) is 6.92 Å². The summed E-state index contributed by atoms with van der Waals surface area (Å²) in [6.07, 6.45) is 0. The van der Waals surface area contributed by atoms with Crippen molar-refractivity contribution in [1.82, 2.24) is 0 Å². The lowest BCUT2D eigenvalue weighted by atomic mass is 9.82. The van der Waals surface area contributed by atoms with E-state index >= 15 is 0 Å². The Kier molecular flexibility index (Phi) is 3.59. The quantitative estimate of drug-likeness (QED) is 0.948. The number of benzene rings is 2. The fourth-order valence-corrected chi connectivity index (χ4v) is 5.18. The molecule has 0 amide bonds. The lowest BCUT2D eigenvalue weighted by Gasteiger charge is -2.23. The van der Waals surface area contributed by atoms with Crippen LogP contribution in [0.25, 0.3) is 0 Å². The van der Waals surface area contributed by atoms with Gasteiger partial charge in [-0.2, -0.15) is 0 Å². The molecular weight excluding hydrogens is 282 g/mol. The van der Waals surface area contributed by atoms with Gasteiger partial charge >= 0.3 is 0 Å². The van der Waals surface area contributed by atoms with E-state index in [9.17, 15) is 8.42 Å². The van der Waals surface area contributed by atoms with Crippen LogP contribution in [0.1, 0.15) is 28.5 Å². The average Bonchev–Trinajstić information content (AvgIpc) is 2.73. The van der Waals surface area contributed by atoms with Crippen LogP contribution in [0.3, 0.4) is 0 Å². The van der Waals surface area contributed by atoms with Gasteiger partial charge in [0.25, 0.3) is 0 Å². The Morgan fingerprint density at radius 1 is 1.19 bits per heavy atom. The summed E-state index contributed by atoms with van der Waals surface area (Å²) >= 11 is 0. The number of nitrogens with two attached hydrogens (primary N) is 1. The molecule has 1 heterocycles. The molecule has 1 aliphatic heterocycles. The summed E-state index contributed by atoms with van der Waals surface area (Å²) in [5.74, 6) is 0.128. The number of fused-ring (bicyclic) bond motifs is 1. The fourth-order valence-electron chi connectivity index (χ4n) is 3.25. The van der Waals surface area contributed by atoms with Crippen molar-refractivity contribution in [2.24, 2.45) is 5.73 Å². The largest absolute Gasteiger partial charge is 0.330 e. The van der Waals surface area contributed by atoms with Gasteiger partial charge in [0.05, 0.1) is 10.6 Å². The molecule has 0 aromatic heterocycles. The molecule has 2 aromatic rings. The maximum absolute atomic E-state index is 12.3. The summed E-state index contributed by atoms with van der Waals surface area (Å²) in [5, 5.41) is 0. The second kappa shape index (κ2) is 5.28. The number of hydrogen-bond donors (Lipinski definition) is 1. The van der Waals surface area contributed by atoms with E-state index in [1.807, 2.05) is 37.3 Å². The van der Waals surface area contributed by atoms with E-state index in [2.05, 4.69) is 6.07 Å². The fraction of sp³-hybridized carbons (Fsp3) is 0.294. The van der Waals surface area contributed by atoms with Crippen molar-refractivity contribution in [3.8, 4) is 0 Å². The summed E-state index contributed by atoms with van der Waals surface area (Å²) in [6.45, 7) is 2.48. The molecule has 3 nitrogen and oxygen atoms in total. The van der Waals surface area contributed by atoms with Crippen LogP contribution >= 0.6 is 0 Å². The van der Waals surface area contributed by atoms with Crippen molar-refractivity contribution in [1.29, 1.82) is 0 Å². The maximum Gasteiger partial charge on any atom is 0.179 e. The van der Waals surface area contributed by atoms with Crippen molar-refractivity contribution in [2.45, 2.75) is 23.7 Å². The molecule has 1 aliphatic rings. The molecular formula is C17H19NO2S. The van der Waals surface area contributed by atoms with Crippen molar-refractivity contribution in [2.75, 3.05) is 12.3 Å². The standard InChI is InChI=1S/C17H19NO2S/c1-12-5-4-6-13(9-12)15(10-18)16-11-21(19,20)17-8-3-2-7-14(16)17/h2-9,15-16H,10-11,18H2,1H3. The molecule has 2 N–H and O–H groups in total. The predicted octanol–water partition coefficient (Wildman–Crippen LogP) is 2.61. The van der Waals surface area contributed by atoms with Gasteiger partial charge in [0, 0.05) is 11.8 Å². The lowest BCUT2D eigenvalue weighted by Crippen LogP contribution is -2.21. The van der Waals surface area contributed by atoms with E-state index in [0.29, 0.717) is 11.4 Å². The molecule has 0 aliphatic carbocycles. The Labute approximate surface area is 125 Å². The van der Waals surface area contributed by atoms with Crippen LogP contribution in [-0.2, 0) is 9.84 Å². The first-order valence-electron chi connectivity index (χ1n) is 7.11. The summed E-state index contributed by atoms with van der Waals surface area (Å²) in [4.78, 5) is 0.473. The Morgan fingerprint density at radius 3 is 2.67 bits per heavy atom. The molecule has 0 fully saturated rings. The van der Waals surface area contributed by atoms with E-state index in [1.54, 1.807) is 12.1 Å². The van der Waals surface area contributed by atoms with Gasteiger partial charge in [-0.15, -0.1) is 0 Å². The first kappa shape index (κ1) is 14.3. The summed E-state index contributed by atoms with van der Waals surface area (Å²) in [6, 6.07) is 15.5. The minimum absolute atomic E-state index is 0.0309. The SMILES string of the molecule is Cc1cccc(C(CN)C2CS(=O)(=O)c3ccccc32)c1. The van der Waals surface area contributed by atoms with E-state index in [0.717, 1.165) is 11.1 Å². The van der Waals surface area contributed by atoms with Gasteiger partial charge in [-0.25, -0.2) is 8.42 Å². The van der Waals surface area contributed by atoms with Gasteiger partial charge in [-0.3, -0.25) is 0 Å². The molecule has 2 atom stereocenters. The molecule has 0 radical (unpaired) electrons. The highest BCUT2D eigenvalue weighted by Crippen LogP contribution is 2.42. The zero-order chi connectivity index (χ0) is 15.0. The zero-order valence-electron chi connectivity index (χ0n) is 12.0. The molecule has 4 heteroatoms. The minimum atomic E-state index is -3.18. The molecule has 2 aromatic carbocycles. The van der Waals surface area contributed by atoms with E-state index in [-0.39, 0.29) is 17.6 Å². The van der Waals surface area contributed by atoms with Crippen LogP contribution in [-0.4, -0.2) is 20.7 Å². The van der Waals surface area contributed by atoms with Gasteiger partial charge < -0.3 is 5.73 Å². The van der Waals surface area contributed by atoms with Crippen molar-refractivity contribution in [3.63, 3.8) is 0 Å². The van der Waals surface area contributed by atoms with Gasteiger partial charge in [-0.05, 0) is 30.7 Å². The molecule has 3 rings (SSSR count). The third kappa shape index (κ3) is 2.49. The Morgan fingerprint density at radius 2 is 1.95 bits per heavy atom. The molecule has 2 unspecified atom stereocenters. The van der Waals surface area contributed by atoms with Crippen molar-refractivity contribution in [3.05, 3.63) is 65.2 Å². The van der Waals surface area contributed by atoms with Gasteiger partial charge in [0.2, 0.25) is 0 Å². The normalized spacial score (nSPS) is 21.0. The van der Waals surface area contributed by atoms with Gasteiger partial charge in [-0.1, -0.05) is 48.0 Å². The van der Waals surface area contributed by atoms with Crippen molar-refractivity contribution < 1.29 is 8.42 Å². The van der Waals surface area contributed by atoms with E-state index in [1.165, 1.54) is 5.56 Å². The number of aryl methyl sites for hydroxylation is 1. The highest BCUT2D eigenvalue weighted by molar-refractivity contribution is 7.91. The predicted molar refractivity (Wildman–Crippen MR) is 84.2 cm³/mol. The summed E-state index contributed by atoms with van der Waals surface area (Å²) in [5.41, 5.74) is 9.18. The Balaban J connectivity index is 2.08. The van der Waals surface area contributed by atoms with Crippen LogP contribution in [0.15, 0.2) is 53.4 Å². The zero-order valence-corrected chi connectivity index (χ0v) is 12.8. The molecule has 0 saturated carbocycles. The van der Waals surface area contributed by atoms with Crippen LogP contribution in [0.5, 0.6) is 0 Å². The number of hydrogen-bond acceptors (Lipinski definition) is 3. The van der Waals surface area contributed by atoms with Crippen molar-refractivity contribution >= 4 is 9.84 Å². The third-order valence-electron chi connectivity index (χ3n) is 4.26. The van der Waals surface area contributed by atoms with Gasteiger partial charge in [0.15, 0.2) is 9.84 Å². The molecule has 21 heavy (non-hydrogen) atoms. The highest BCUT2D eigenvalue weighted by atomic mass is 32.2. The average molecular weight is 301 g/mol. The second-order valence-corrected chi connectivity index (χ2v) is 7.68. The maximum atomic E-state index is 12.3.